The van der Waals surface area contributed by atoms with Crippen molar-refractivity contribution in [1.82, 2.24) is 10.6 Å². The summed E-state index contributed by atoms with van der Waals surface area (Å²) in [5, 5.41) is 6.11. The van der Waals surface area contributed by atoms with E-state index in [0.29, 0.717) is 30.0 Å². The molecule has 120 valence electrons. The molecule has 6 nitrogen and oxygen atoms in total. The van der Waals surface area contributed by atoms with Crippen molar-refractivity contribution in [3.8, 4) is 0 Å². The van der Waals surface area contributed by atoms with Crippen molar-refractivity contribution in [2.24, 2.45) is 0 Å². The first-order valence-corrected chi connectivity index (χ1v) is 9.11. The number of amides is 1. The number of carbonyl (C=O) groups is 1. The molecule has 22 heavy (non-hydrogen) atoms. The molecule has 3 rings (SSSR count). The van der Waals surface area contributed by atoms with Gasteiger partial charge in [0.1, 0.15) is 6.04 Å². The molecule has 1 aromatic carbocycles. The number of nitrogens with one attached hydrogen (secondary N) is 2. The summed E-state index contributed by atoms with van der Waals surface area (Å²) < 4.78 is 29.7. The molecule has 2 heterocycles. The molecule has 2 aliphatic heterocycles. The summed E-state index contributed by atoms with van der Waals surface area (Å²) in [7, 11) is -3.24. The molecule has 2 N–H and O–H groups in total. The number of carbonyl (C=O) groups excluding carboxylic acids is 1. The summed E-state index contributed by atoms with van der Waals surface area (Å²) in [6.45, 7) is 3.09. The molecule has 0 bridgehead atoms. The first kappa shape index (κ1) is 15.5. The average Bonchev–Trinajstić information content (AvgIpc) is 2.51. The Morgan fingerprint density at radius 2 is 2.14 bits per heavy atom. The Kier molecular flexibility index (Phi) is 4.20. The first-order valence-electron chi connectivity index (χ1n) is 7.46. The Morgan fingerprint density at radius 3 is 2.91 bits per heavy atom. The molecule has 0 spiro atoms. The van der Waals surface area contributed by atoms with Gasteiger partial charge < -0.3 is 15.4 Å². The minimum Gasteiger partial charge on any atom is -0.375 e. The van der Waals surface area contributed by atoms with Gasteiger partial charge in [-0.05, 0) is 25.0 Å². The van der Waals surface area contributed by atoms with Crippen LogP contribution in [-0.4, -0.2) is 45.4 Å². The lowest BCUT2D eigenvalue weighted by molar-refractivity contribution is -0.129. The van der Waals surface area contributed by atoms with E-state index in [9.17, 15) is 13.2 Å². The molecule has 0 aliphatic carbocycles. The molecule has 0 aromatic heterocycles. The Hall–Kier alpha value is -1.44. The van der Waals surface area contributed by atoms with Crippen LogP contribution in [0.1, 0.15) is 24.9 Å². The average molecular weight is 324 g/mol. The maximum atomic E-state index is 12.4. The van der Waals surface area contributed by atoms with E-state index < -0.39 is 15.9 Å². The number of fused-ring (bicyclic) bond motifs is 1. The summed E-state index contributed by atoms with van der Waals surface area (Å²) in [5.74, 6) is -0.0923. The number of ether oxygens (including phenoxy) is 1. The third-order valence-electron chi connectivity index (χ3n) is 4.22. The Labute approximate surface area is 130 Å². The zero-order chi connectivity index (χ0) is 15.7. The lowest BCUT2D eigenvalue weighted by Gasteiger charge is -2.32. The largest absolute Gasteiger partial charge is 0.375 e. The number of benzene rings is 1. The second-order valence-corrected chi connectivity index (χ2v) is 7.79. The lowest BCUT2D eigenvalue weighted by Crippen LogP contribution is -2.56. The van der Waals surface area contributed by atoms with Crippen LogP contribution in [0.3, 0.4) is 0 Å². The number of hydrogen-bond acceptors (Lipinski definition) is 5. The molecule has 7 heteroatoms. The molecule has 1 unspecified atom stereocenters. The smallest absolute Gasteiger partial charge is 0.240 e. The summed E-state index contributed by atoms with van der Waals surface area (Å²) in [5.41, 5.74) is 0.673. The van der Waals surface area contributed by atoms with Gasteiger partial charge >= 0.3 is 0 Å². The SMILES string of the molecule is C[C@H]1OCCN[C@@H]1C(=O)NC1CCS(=O)(=O)c2ccccc21. The molecule has 1 amide bonds. The topological polar surface area (TPSA) is 84.5 Å². The lowest BCUT2D eigenvalue weighted by atomic mass is 10.0. The number of sulfone groups is 1. The minimum atomic E-state index is -3.24. The zero-order valence-electron chi connectivity index (χ0n) is 12.4. The molecule has 2 aliphatic rings. The van der Waals surface area contributed by atoms with Crippen LogP contribution in [0.15, 0.2) is 29.2 Å². The Bertz CT molecular complexity index is 674. The number of morpholine rings is 1. The highest BCUT2D eigenvalue weighted by Gasteiger charge is 2.34. The van der Waals surface area contributed by atoms with Crippen LogP contribution in [0.2, 0.25) is 0 Å². The fourth-order valence-corrected chi connectivity index (χ4v) is 4.65. The molecular weight excluding hydrogens is 304 g/mol. The van der Waals surface area contributed by atoms with E-state index in [4.69, 9.17) is 4.74 Å². The van der Waals surface area contributed by atoms with Crippen molar-refractivity contribution in [2.75, 3.05) is 18.9 Å². The van der Waals surface area contributed by atoms with E-state index in [0.717, 1.165) is 0 Å². The van der Waals surface area contributed by atoms with Crippen molar-refractivity contribution in [2.45, 2.75) is 36.4 Å². The van der Waals surface area contributed by atoms with Gasteiger partial charge in [-0.3, -0.25) is 4.79 Å². The van der Waals surface area contributed by atoms with Gasteiger partial charge in [-0.25, -0.2) is 8.42 Å². The van der Waals surface area contributed by atoms with Crippen molar-refractivity contribution in [3.05, 3.63) is 29.8 Å². The first-order chi connectivity index (χ1) is 10.5. The number of hydrogen-bond donors (Lipinski definition) is 2. The predicted molar refractivity (Wildman–Crippen MR) is 81.2 cm³/mol. The third kappa shape index (κ3) is 2.88. The van der Waals surface area contributed by atoms with Crippen LogP contribution >= 0.6 is 0 Å². The van der Waals surface area contributed by atoms with Gasteiger partial charge in [0.2, 0.25) is 5.91 Å². The molecule has 0 radical (unpaired) electrons. The predicted octanol–water partition coefficient (Wildman–Crippen LogP) is 0.398. The van der Waals surface area contributed by atoms with E-state index in [1.807, 2.05) is 6.92 Å². The van der Waals surface area contributed by atoms with Crippen LogP contribution in [-0.2, 0) is 19.4 Å². The van der Waals surface area contributed by atoms with Gasteiger partial charge in [0, 0.05) is 6.54 Å². The second kappa shape index (κ2) is 5.98. The van der Waals surface area contributed by atoms with Crippen LogP contribution in [0, 0.1) is 0 Å². The zero-order valence-corrected chi connectivity index (χ0v) is 13.2. The highest BCUT2D eigenvalue weighted by atomic mass is 32.2. The highest BCUT2D eigenvalue weighted by molar-refractivity contribution is 7.91. The fraction of sp³-hybridized carbons (Fsp3) is 0.533. The standard InChI is InChI=1S/C15H20N2O4S/c1-10-14(16-7-8-21-10)15(18)17-12-6-9-22(19,20)13-5-3-2-4-11(12)13/h2-5,10,12,14,16H,6-9H2,1H3,(H,17,18)/t10-,12?,14+/m1/s1. The van der Waals surface area contributed by atoms with Gasteiger partial charge in [0.15, 0.2) is 9.84 Å². The molecule has 0 saturated carbocycles. The van der Waals surface area contributed by atoms with Crippen molar-refractivity contribution >= 4 is 15.7 Å². The van der Waals surface area contributed by atoms with Crippen LogP contribution < -0.4 is 10.6 Å². The summed E-state index contributed by atoms with van der Waals surface area (Å²) in [4.78, 5) is 12.8. The summed E-state index contributed by atoms with van der Waals surface area (Å²) in [6, 6.07) is 6.20. The molecule has 3 atom stereocenters. The quantitative estimate of drug-likeness (QED) is 0.822. The van der Waals surface area contributed by atoms with Gasteiger partial charge in [0.25, 0.3) is 0 Å². The van der Waals surface area contributed by atoms with Crippen molar-refractivity contribution in [3.63, 3.8) is 0 Å². The van der Waals surface area contributed by atoms with Gasteiger partial charge in [0.05, 0.1) is 29.4 Å². The maximum Gasteiger partial charge on any atom is 0.240 e. The summed E-state index contributed by atoms with van der Waals surface area (Å²) in [6.07, 6.45) is 0.198. The highest BCUT2D eigenvalue weighted by Crippen LogP contribution is 2.31. The van der Waals surface area contributed by atoms with E-state index in [1.165, 1.54) is 0 Å². The van der Waals surface area contributed by atoms with E-state index in [2.05, 4.69) is 10.6 Å². The minimum absolute atomic E-state index is 0.0547. The molecule has 1 fully saturated rings. The molecular formula is C15H20N2O4S. The van der Waals surface area contributed by atoms with Gasteiger partial charge in [-0.2, -0.15) is 0 Å². The second-order valence-electron chi connectivity index (χ2n) is 5.71. The van der Waals surface area contributed by atoms with Crippen LogP contribution in [0.4, 0.5) is 0 Å². The normalized spacial score (nSPS) is 30.3. The van der Waals surface area contributed by atoms with E-state index in [1.54, 1.807) is 24.3 Å². The Balaban J connectivity index is 1.80. The Morgan fingerprint density at radius 1 is 1.36 bits per heavy atom. The maximum absolute atomic E-state index is 12.4. The fourth-order valence-electron chi connectivity index (χ4n) is 3.03. The van der Waals surface area contributed by atoms with E-state index >= 15 is 0 Å². The van der Waals surface area contributed by atoms with Gasteiger partial charge in [-0.1, -0.05) is 18.2 Å². The molecule has 1 aromatic rings. The van der Waals surface area contributed by atoms with Crippen molar-refractivity contribution < 1.29 is 17.9 Å². The third-order valence-corrected chi connectivity index (χ3v) is 6.04. The monoisotopic (exact) mass is 324 g/mol. The van der Waals surface area contributed by atoms with Crippen LogP contribution in [0.5, 0.6) is 0 Å². The van der Waals surface area contributed by atoms with Gasteiger partial charge in [-0.15, -0.1) is 0 Å². The van der Waals surface area contributed by atoms with Crippen molar-refractivity contribution in [1.29, 1.82) is 0 Å². The van der Waals surface area contributed by atoms with Crippen LogP contribution in [0.25, 0.3) is 0 Å². The van der Waals surface area contributed by atoms with E-state index in [-0.39, 0.29) is 23.8 Å². The molecule has 1 saturated heterocycles. The number of rotatable bonds is 2. The summed E-state index contributed by atoms with van der Waals surface area (Å²) >= 11 is 0.